The summed E-state index contributed by atoms with van der Waals surface area (Å²) in [6.07, 6.45) is 4.52. The minimum absolute atomic E-state index is 0.0753. The zero-order chi connectivity index (χ0) is 23.3. The summed E-state index contributed by atoms with van der Waals surface area (Å²) in [7, 11) is 1.71. The lowest BCUT2D eigenvalue weighted by Gasteiger charge is -2.37. The number of aliphatic hydroxyl groups excluding tert-OH is 1. The van der Waals surface area contributed by atoms with Gasteiger partial charge in [-0.15, -0.1) is 0 Å². The molecule has 0 saturated heterocycles. The zero-order valence-electron chi connectivity index (χ0n) is 18.8. The van der Waals surface area contributed by atoms with E-state index < -0.39 is 0 Å². The van der Waals surface area contributed by atoms with E-state index in [0.717, 1.165) is 5.56 Å². The molecule has 1 N–H and O–H groups in total. The molecule has 0 saturated carbocycles. The van der Waals surface area contributed by atoms with Crippen molar-refractivity contribution in [1.29, 1.82) is 0 Å². The Balaban J connectivity index is 2.00. The first-order valence-electron chi connectivity index (χ1n) is 10.5. The van der Waals surface area contributed by atoms with Gasteiger partial charge in [0.1, 0.15) is 11.7 Å². The standard InChI is InChI=1S/C24H28N4O4/c1-16-13-28(17(2)15-29)24(31)21-10-20(8-7-19-6-5-9-25-11-19)12-26-23(21)32-22(16)14-27(4)18(3)30/h5-6,9-12,16-17,22,29H,13-15H2,1-4H3/t16-,17+,22-/m1/s1. The van der Waals surface area contributed by atoms with E-state index in [1.54, 1.807) is 54.5 Å². The number of carbonyl (C=O) groups is 2. The lowest BCUT2D eigenvalue weighted by Crippen LogP contribution is -2.50. The second-order valence-corrected chi connectivity index (χ2v) is 8.09. The van der Waals surface area contributed by atoms with Crippen molar-refractivity contribution in [3.63, 3.8) is 0 Å². The van der Waals surface area contributed by atoms with Gasteiger partial charge < -0.3 is 19.6 Å². The maximum Gasteiger partial charge on any atom is 0.259 e. The SMILES string of the molecule is CC(=O)N(C)C[C@H]1Oc2ncc(C#Cc3cccnc3)cc2C(=O)N([C@@H](C)CO)C[C@H]1C. The number of likely N-dealkylation sites (N-methyl/N-ethyl adjacent to an activating group) is 1. The van der Waals surface area contributed by atoms with Crippen LogP contribution in [0.25, 0.3) is 0 Å². The summed E-state index contributed by atoms with van der Waals surface area (Å²) in [4.78, 5) is 36.8. The summed E-state index contributed by atoms with van der Waals surface area (Å²) < 4.78 is 6.15. The molecule has 168 valence electrons. The van der Waals surface area contributed by atoms with Gasteiger partial charge in [-0.25, -0.2) is 4.98 Å². The molecule has 0 unspecified atom stereocenters. The molecule has 2 aromatic rings. The molecule has 0 radical (unpaired) electrons. The molecule has 3 rings (SSSR count). The summed E-state index contributed by atoms with van der Waals surface area (Å²) in [5.74, 6) is 5.78. The first-order chi connectivity index (χ1) is 15.3. The summed E-state index contributed by atoms with van der Waals surface area (Å²) in [6, 6.07) is 4.92. The van der Waals surface area contributed by atoms with Crippen LogP contribution in [0.1, 0.15) is 42.3 Å². The zero-order valence-corrected chi connectivity index (χ0v) is 18.8. The van der Waals surface area contributed by atoms with E-state index >= 15 is 0 Å². The van der Waals surface area contributed by atoms with Crippen molar-refractivity contribution in [3.05, 3.63) is 53.5 Å². The van der Waals surface area contributed by atoms with Crippen LogP contribution in [0.3, 0.4) is 0 Å². The Labute approximate surface area is 188 Å². The predicted octanol–water partition coefficient (Wildman–Crippen LogP) is 1.57. The van der Waals surface area contributed by atoms with Gasteiger partial charge in [0.15, 0.2) is 0 Å². The number of aliphatic hydroxyl groups is 1. The van der Waals surface area contributed by atoms with Crippen molar-refractivity contribution in [1.82, 2.24) is 19.8 Å². The largest absolute Gasteiger partial charge is 0.472 e. The van der Waals surface area contributed by atoms with Crippen molar-refractivity contribution >= 4 is 11.8 Å². The van der Waals surface area contributed by atoms with Crippen LogP contribution in [0.4, 0.5) is 0 Å². The molecule has 8 heteroatoms. The van der Waals surface area contributed by atoms with Crippen LogP contribution in [-0.2, 0) is 4.79 Å². The van der Waals surface area contributed by atoms with Crippen molar-refractivity contribution in [2.45, 2.75) is 32.9 Å². The van der Waals surface area contributed by atoms with Crippen LogP contribution in [0.5, 0.6) is 5.88 Å². The third-order valence-corrected chi connectivity index (χ3v) is 5.53. The van der Waals surface area contributed by atoms with E-state index in [0.29, 0.717) is 18.7 Å². The lowest BCUT2D eigenvalue weighted by atomic mass is 10.00. The molecular weight excluding hydrogens is 408 g/mol. The highest BCUT2D eigenvalue weighted by atomic mass is 16.5. The number of fused-ring (bicyclic) bond motifs is 1. The Hall–Kier alpha value is -3.44. The number of nitrogens with zero attached hydrogens (tertiary/aromatic N) is 4. The van der Waals surface area contributed by atoms with Crippen molar-refractivity contribution in [2.75, 3.05) is 26.7 Å². The van der Waals surface area contributed by atoms with Gasteiger partial charge in [-0.1, -0.05) is 18.8 Å². The smallest absolute Gasteiger partial charge is 0.259 e. The van der Waals surface area contributed by atoms with Crippen molar-refractivity contribution < 1.29 is 19.4 Å². The van der Waals surface area contributed by atoms with Gasteiger partial charge in [0.05, 0.1) is 19.2 Å². The molecule has 0 spiro atoms. The molecular formula is C24H28N4O4. The number of hydrogen-bond donors (Lipinski definition) is 1. The predicted molar refractivity (Wildman–Crippen MR) is 119 cm³/mol. The highest BCUT2D eigenvalue weighted by Crippen LogP contribution is 2.27. The van der Waals surface area contributed by atoms with E-state index in [1.807, 2.05) is 13.0 Å². The fourth-order valence-electron chi connectivity index (χ4n) is 3.37. The number of ether oxygens (including phenoxy) is 1. The number of amides is 2. The second-order valence-electron chi connectivity index (χ2n) is 8.09. The first-order valence-corrected chi connectivity index (χ1v) is 10.5. The van der Waals surface area contributed by atoms with E-state index in [9.17, 15) is 14.7 Å². The molecule has 1 aliphatic rings. The van der Waals surface area contributed by atoms with Gasteiger partial charge in [0.2, 0.25) is 11.8 Å². The lowest BCUT2D eigenvalue weighted by molar-refractivity contribution is -0.129. The van der Waals surface area contributed by atoms with Crippen LogP contribution >= 0.6 is 0 Å². The molecule has 8 nitrogen and oxygen atoms in total. The number of carbonyl (C=O) groups excluding carboxylic acids is 2. The Morgan fingerprint density at radius 1 is 1.38 bits per heavy atom. The Kier molecular flexibility index (Phi) is 7.44. The van der Waals surface area contributed by atoms with Gasteiger partial charge >= 0.3 is 0 Å². The second kappa shape index (κ2) is 10.2. The molecule has 0 fully saturated rings. The summed E-state index contributed by atoms with van der Waals surface area (Å²) >= 11 is 0. The summed E-state index contributed by atoms with van der Waals surface area (Å²) in [6.45, 7) is 5.82. The number of hydrogen-bond acceptors (Lipinski definition) is 6. The fraction of sp³-hybridized carbons (Fsp3) is 0.417. The highest BCUT2D eigenvalue weighted by Gasteiger charge is 2.34. The molecule has 3 heterocycles. The summed E-state index contributed by atoms with van der Waals surface area (Å²) in [5.41, 5.74) is 1.59. The van der Waals surface area contributed by atoms with E-state index in [-0.39, 0.29) is 47.9 Å². The van der Waals surface area contributed by atoms with Crippen LogP contribution in [0, 0.1) is 17.8 Å². The molecule has 0 bridgehead atoms. The Morgan fingerprint density at radius 3 is 2.78 bits per heavy atom. The Morgan fingerprint density at radius 2 is 2.12 bits per heavy atom. The van der Waals surface area contributed by atoms with E-state index in [1.165, 1.54) is 6.92 Å². The normalized spacial score (nSPS) is 18.9. The van der Waals surface area contributed by atoms with Crippen LogP contribution in [0.15, 0.2) is 36.8 Å². The van der Waals surface area contributed by atoms with Crippen LogP contribution in [-0.4, -0.2) is 75.6 Å². The van der Waals surface area contributed by atoms with Gasteiger partial charge in [0.25, 0.3) is 5.91 Å². The third kappa shape index (κ3) is 5.42. The molecule has 32 heavy (non-hydrogen) atoms. The minimum atomic E-state index is -0.382. The third-order valence-electron chi connectivity index (χ3n) is 5.53. The maximum atomic E-state index is 13.4. The average molecular weight is 437 g/mol. The number of pyridine rings is 2. The molecule has 2 amide bonds. The van der Waals surface area contributed by atoms with Crippen LogP contribution < -0.4 is 4.74 Å². The maximum absolute atomic E-state index is 13.4. The van der Waals surface area contributed by atoms with Gasteiger partial charge in [-0.3, -0.25) is 14.6 Å². The van der Waals surface area contributed by atoms with Crippen LogP contribution in [0.2, 0.25) is 0 Å². The molecule has 3 atom stereocenters. The number of aromatic nitrogens is 2. The number of rotatable bonds is 4. The molecule has 2 aromatic heterocycles. The van der Waals surface area contributed by atoms with E-state index in [4.69, 9.17) is 4.74 Å². The monoisotopic (exact) mass is 436 g/mol. The van der Waals surface area contributed by atoms with Gasteiger partial charge in [-0.2, -0.15) is 0 Å². The minimum Gasteiger partial charge on any atom is -0.472 e. The summed E-state index contributed by atoms with van der Waals surface area (Å²) in [5, 5.41) is 9.73. The van der Waals surface area contributed by atoms with E-state index in [2.05, 4.69) is 21.8 Å². The molecule has 1 aliphatic heterocycles. The first kappa shape index (κ1) is 23.2. The Bertz CT molecular complexity index is 1030. The van der Waals surface area contributed by atoms with Crippen molar-refractivity contribution in [2.24, 2.45) is 5.92 Å². The van der Waals surface area contributed by atoms with Gasteiger partial charge in [0, 0.05) is 56.2 Å². The molecule has 0 aromatic carbocycles. The highest BCUT2D eigenvalue weighted by molar-refractivity contribution is 5.97. The molecule has 0 aliphatic carbocycles. The quantitative estimate of drug-likeness (QED) is 0.731. The van der Waals surface area contributed by atoms with Gasteiger partial charge in [-0.05, 0) is 25.1 Å². The average Bonchev–Trinajstić information content (AvgIpc) is 2.80. The van der Waals surface area contributed by atoms with Crippen molar-refractivity contribution in [3.8, 4) is 17.7 Å². The fourth-order valence-corrected chi connectivity index (χ4v) is 3.37. The topological polar surface area (TPSA) is 95.9 Å².